The first-order chi connectivity index (χ1) is 8.29. The second-order valence-corrected chi connectivity index (χ2v) is 4.43. The van der Waals surface area contributed by atoms with Crippen LogP contribution in [0.25, 0.3) is 0 Å². The molecular weight excluding hydrogens is 284 g/mol. The lowest BCUT2D eigenvalue weighted by Gasteiger charge is -2.09. The Balaban J connectivity index is 1.90. The van der Waals surface area contributed by atoms with E-state index in [2.05, 4.69) is 20.9 Å². The summed E-state index contributed by atoms with van der Waals surface area (Å²) in [5.74, 6) is 0.780. The van der Waals surface area contributed by atoms with Gasteiger partial charge in [-0.05, 0) is 33.6 Å². The van der Waals surface area contributed by atoms with Crippen LogP contribution in [-0.4, -0.2) is 21.3 Å². The van der Waals surface area contributed by atoms with Crippen LogP contribution in [-0.2, 0) is 13.2 Å². The second kappa shape index (κ2) is 5.84. The monoisotopic (exact) mass is 296 g/mol. The number of imidazole rings is 1. The van der Waals surface area contributed by atoms with Gasteiger partial charge in [0.2, 0.25) is 0 Å². The Labute approximate surface area is 108 Å². The first-order valence-electron chi connectivity index (χ1n) is 5.27. The highest BCUT2D eigenvalue weighted by Crippen LogP contribution is 2.25. The molecule has 0 spiro atoms. The first-order valence-corrected chi connectivity index (χ1v) is 6.06. The highest BCUT2D eigenvalue weighted by Gasteiger charge is 2.02. The van der Waals surface area contributed by atoms with Crippen LogP contribution in [0.3, 0.4) is 0 Å². The molecule has 1 aromatic heterocycles. The molecule has 0 radical (unpaired) electrons. The first kappa shape index (κ1) is 12.1. The number of hydrogen-bond donors (Lipinski definition) is 1. The van der Waals surface area contributed by atoms with E-state index in [-0.39, 0.29) is 6.61 Å². The van der Waals surface area contributed by atoms with Gasteiger partial charge in [-0.3, -0.25) is 0 Å². The van der Waals surface area contributed by atoms with E-state index >= 15 is 0 Å². The number of hydrogen-bond acceptors (Lipinski definition) is 3. The van der Waals surface area contributed by atoms with Crippen LogP contribution in [0, 0.1) is 0 Å². The van der Waals surface area contributed by atoms with E-state index in [0.29, 0.717) is 6.61 Å². The summed E-state index contributed by atoms with van der Waals surface area (Å²) < 4.78 is 8.44. The second-order valence-electron chi connectivity index (χ2n) is 3.57. The minimum atomic E-state index is 0.0356. The van der Waals surface area contributed by atoms with Crippen LogP contribution in [0.1, 0.15) is 5.56 Å². The SMILES string of the molecule is OCc1ccc(OCCn2ccnc2)c(Br)c1. The van der Waals surface area contributed by atoms with E-state index in [4.69, 9.17) is 9.84 Å². The summed E-state index contributed by atoms with van der Waals surface area (Å²) in [5.41, 5.74) is 0.860. The molecule has 1 heterocycles. The summed E-state index contributed by atoms with van der Waals surface area (Å²) in [5, 5.41) is 8.98. The zero-order valence-corrected chi connectivity index (χ0v) is 10.8. The normalized spacial score (nSPS) is 10.5. The molecule has 0 unspecified atom stereocenters. The largest absolute Gasteiger partial charge is 0.491 e. The van der Waals surface area contributed by atoms with Gasteiger partial charge < -0.3 is 14.4 Å². The Kier molecular flexibility index (Phi) is 4.17. The summed E-state index contributed by atoms with van der Waals surface area (Å²) in [6, 6.07) is 5.55. The Morgan fingerprint density at radius 3 is 2.94 bits per heavy atom. The van der Waals surface area contributed by atoms with Gasteiger partial charge >= 0.3 is 0 Å². The maximum absolute atomic E-state index is 8.98. The van der Waals surface area contributed by atoms with E-state index in [0.717, 1.165) is 22.3 Å². The van der Waals surface area contributed by atoms with Crippen LogP contribution in [0.5, 0.6) is 5.75 Å². The Hall–Kier alpha value is -1.33. The van der Waals surface area contributed by atoms with Crippen molar-refractivity contribution in [1.29, 1.82) is 0 Å². The predicted octanol–water partition coefficient (Wildman–Crippen LogP) is 2.22. The molecular formula is C12H13BrN2O2. The number of rotatable bonds is 5. The smallest absolute Gasteiger partial charge is 0.133 e. The molecule has 1 N–H and O–H groups in total. The maximum Gasteiger partial charge on any atom is 0.133 e. The highest BCUT2D eigenvalue weighted by atomic mass is 79.9. The van der Waals surface area contributed by atoms with Crippen LogP contribution in [0.4, 0.5) is 0 Å². The van der Waals surface area contributed by atoms with Crippen molar-refractivity contribution in [2.45, 2.75) is 13.2 Å². The van der Waals surface area contributed by atoms with E-state index in [1.165, 1.54) is 0 Å². The molecule has 5 heteroatoms. The molecule has 0 atom stereocenters. The van der Waals surface area contributed by atoms with Crippen molar-refractivity contribution < 1.29 is 9.84 Å². The summed E-state index contributed by atoms with van der Waals surface area (Å²) in [7, 11) is 0. The molecule has 0 aliphatic heterocycles. The summed E-state index contributed by atoms with van der Waals surface area (Å²) >= 11 is 3.41. The molecule has 0 fully saturated rings. The minimum Gasteiger partial charge on any atom is -0.491 e. The van der Waals surface area contributed by atoms with E-state index in [9.17, 15) is 0 Å². The molecule has 0 saturated carbocycles. The summed E-state index contributed by atoms with van der Waals surface area (Å²) in [4.78, 5) is 3.96. The lowest BCUT2D eigenvalue weighted by atomic mass is 10.2. The van der Waals surface area contributed by atoms with Gasteiger partial charge in [-0.2, -0.15) is 0 Å². The molecule has 0 saturated heterocycles. The van der Waals surface area contributed by atoms with Crippen molar-refractivity contribution in [3.05, 3.63) is 47.0 Å². The maximum atomic E-state index is 8.98. The lowest BCUT2D eigenvalue weighted by molar-refractivity contribution is 0.280. The molecule has 0 aliphatic carbocycles. The fraction of sp³-hybridized carbons (Fsp3) is 0.250. The standard InChI is InChI=1S/C12H13BrN2O2/c13-11-7-10(8-16)1-2-12(11)17-6-5-15-4-3-14-9-15/h1-4,7,9,16H,5-6,8H2. The predicted molar refractivity (Wildman–Crippen MR) is 67.8 cm³/mol. The lowest BCUT2D eigenvalue weighted by Crippen LogP contribution is -2.06. The van der Waals surface area contributed by atoms with Crippen molar-refractivity contribution in [3.63, 3.8) is 0 Å². The quantitative estimate of drug-likeness (QED) is 0.920. The third-order valence-electron chi connectivity index (χ3n) is 2.35. The van der Waals surface area contributed by atoms with Gasteiger partial charge in [-0.25, -0.2) is 4.98 Å². The third-order valence-corrected chi connectivity index (χ3v) is 2.96. The Bertz CT molecular complexity index is 471. The van der Waals surface area contributed by atoms with Gasteiger partial charge in [0.25, 0.3) is 0 Å². The van der Waals surface area contributed by atoms with E-state index < -0.39 is 0 Å². The minimum absolute atomic E-state index is 0.0356. The van der Waals surface area contributed by atoms with Gasteiger partial charge in [0.1, 0.15) is 12.4 Å². The number of halogens is 1. The highest BCUT2D eigenvalue weighted by molar-refractivity contribution is 9.10. The number of nitrogens with zero attached hydrogens (tertiary/aromatic N) is 2. The number of benzene rings is 1. The molecule has 2 rings (SSSR count). The fourth-order valence-corrected chi connectivity index (χ4v) is 1.98. The average molecular weight is 297 g/mol. The Morgan fingerprint density at radius 2 is 2.29 bits per heavy atom. The van der Waals surface area contributed by atoms with Crippen LogP contribution in [0.15, 0.2) is 41.4 Å². The Morgan fingerprint density at radius 1 is 1.41 bits per heavy atom. The molecule has 17 heavy (non-hydrogen) atoms. The van der Waals surface area contributed by atoms with Crippen LogP contribution < -0.4 is 4.74 Å². The molecule has 4 nitrogen and oxygen atoms in total. The van der Waals surface area contributed by atoms with Crippen molar-refractivity contribution >= 4 is 15.9 Å². The van der Waals surface area contributed by atoms with E-state index in [1.54, 1.807) is 12.5 Å². The fourth-order valence-electron chi connectivity index (χ4n) is 1.44. The topological polar surface area (TPSA) is 47.3 Å². The van der Waals surface area contributed by atoms with Gasteiger partial charge in [0.05, 0.1) is 24.0 Å². The van der Waals surface area contributed by atoms with Crippen LogP contribution in [0.2, 0.25) is 0 Å². The molecule has 0 aliphatic rings. The zero-order valence-electron chi connectivity index (χ0n) is 9.21. The molecule has 0 amide bonds. The van der Waals surface area contributed by atoms with Crippen molar-refractivity contribution in [1.82, 2.24) is 9.55 Å². The molecule has 1 aromatic carbocycles. The third kappa shape index (κ3) is 3.31. The van der Waals surface area contributed by atoms with Crippen molar-refractivity contribution in [2.75, 3.05) is 6.61 Å². The number of aliphatic hydroxyl groups excluding tert-OH is 1. The summed E-state index contributed by atoms with van der Waals surface area (Å²) in [6.07, 6.45) is 5.40. The van der Waals surface area contributed by atoms with Gasteiger partial charge in [0, 0.05) is 12.4 Å². The zero-order chi connectivity index (χ0) is 12.1. The number of ether oxygens (including phenoxy) is 1. The average Bonchev–Trinajstić information content (AvgIpc) is 2.84. The molecule has 90 valence electrons. The van der Waals surface area contributed by atoms with Crippen molar-refractivity contribution in [2.24, 2.45) is 0 Å². The molecule has 0 bridgehead atoms. The summed E-state index contributed by atoms with van der Waals surface area (Å²) in [6.45, 7) is 1.37. The van der Waals surface area contributed by atoms with E-state index in [1.807, 2.05) is 29.0 Å². The van der Waals surface area contributed by atoms with Crippen molar-refractivity contribution in [3.8, 4) is 5.75 Å². The number of aromatic nitrogens is 2. The van der Waals surface area contributed by atoms with Gasteiger partial charge in [0.15, 0.2) is 0 Å². The molecule has 2 aromatic rings. The van der Waals surface area contributed by atoms with Gasteiger partial charge in [-0.15, -0.1) is 0 Å². The van der Waals surface area contributed by atoms with Crippen LogP contribution >= 0.6 is 15.9 Å². The number of aliphatic hydroxyl groups is 1. The van der Waals surface area contributed by atoms with Gasteiger partial charge in [-0.1, -0.05) is 6.07 Å².